The molecule has 19 heavy (non-hydrogen) atoms. The third kappa shape index (κ3) is 3.97. The monoisotopic (exact) mass is 258 g/mol. The van der Waals surface area contributed by atoms with Crippen LogP contribution in [0.1, 0.15) is 31.7 Å². The van der Waals surface area contributed by atoms with Crippen LogP contribution in [0.3, 0.4) is 0 Å². The average molecular weight is 258 g/mol. The minimum absolute atomic E-state index is 0.465. The van der Waals surface area contributed by atoms with Crippen LogP contribution in [0, 0.1) is 11.3 Å². The Hall–Kier alpha value is -1.53. The summed E-state index contributed by atoms with van der Waals surface area (Å²) in [7, 11) is 0. The maximum atomic E-state index is 8.61. The molecule has 0 N–H and O–H groups in total. The quantitative estimate of drug-likeness (QED) is 0.787. The van der Waals surface area contributed by atoms with Crippen LogP contribution in [0.5, 0.6) is 5.75 Å². The molecule has 1 unspecified atom stereocenters. The Morgan fingerprint density at radius 1 is 1.37 bits per heavy atom. The number of nitrogens with zero attached hydrogens (tertiary/aromatic N) is 2. The second-order valence-corrected chi connectivity index (χ2v) is 5.07. The summed E-state index contributed by atoms with van der Waals surface area (Å²) in [6, 6.07) is 10.7. The maximum absolute atomic E-state index is 8.61. The molecule has 1 aliphatic rings. The van der Waals surface area contributed by atoms with Gasteiger partial charge in [0.2, 0.25) is 0 Å². The average Bonchev–Trinajstić information content (AvgIpc) is 2.88. The third-order valence-electron chi connectivity index (χ3n) is 3.82. The molecule has 102 valence electrons. The van der Waals surface area contributed by atoms with Gasteiger partial charge < -0.3 is 4.74 Å². The molecular weight excluding hydrogens is 236 g/mol. The Balaban J connectivity index is 1.75. The summed E-state index contributed by atoms with van der Waals surface area (Å²) in [6.07, 6.45) is 4.36. The Kier molecular flexibility index (Phi) is 5.23. The SMILES string of the molecule is CCC1CCCN1CCOc1ccc(CC#N)cc1. The van der Waals surface area contributed by atoms with E-state index < -0.39 is 0 Å². The predicted octanol–water partition coefficient (Wildman–Crippen LogP) is 3.01. The molecule has 1 aromatic rings. The summed E-state index contributed by atoms with van der Waals surface area (Å²) >= 11 is 0. The molecule has 1 fully saturated rings. The van der Waals surface area contributed by atoms with Gasteiger partial charge in [0, 0.05) is 12.6 Å². The lowest BCUT2D eigenvalue weighted by atomic mass is 10.2. The summed E-state index contributed by atoms with van der Waals surface area (Å²) in [5.41, 5.74) is 1.04. The molecule has 1 saturated heterocycles. The van der Waals surface area contributed by atoms with Crippen molar-refractivity contribution >= 4 is 0 Å². The van der Waals surface area contributed by atoms with Gasteiger partial charge in [0.15, 0.2) is 0 Å². The van der Waals surface area contributed by atoms with E-state index in [0.717, 1.165) is 30.5 Å². The standard InChI is InChI=1S/C16H22N2O/c1-2-15-4-3-11-18(15)12-13-19-16-7-5-14(6-8-16)9-10-17/h5-8,15H,2-4,9,11-13H2,1H3. The van der Waals surface area contributed by atoms with E-state index in [1.165, 1.54) is 25.8 Å². The van der Waals surface area contributed by atoms with Gasteiger partial charge in [0.05, 0.1) is 12.5 Å². The fraction of sp³-hybridized carbons (Fsp3) is 0.562. The van der Waals surface area contributed by atoms with Crippen molar-refractivity contribution in [3.63, 3.8) is 0 Å². The molecule has 3 heteroatoms. The first kappa shape index (κ1) is 13.9. The molecule has 2 rings (SSSR count). The summed E-state index contributed by atoms with van der Waals surface area (Å²) < 4.78 is 5.77. The van der Waals surface area contributed by atoms with Crippen LogP contribution < -0.4 is 4.74 Å². The lowest BCUT2D eigenvalue weighted by Gasteiger charge is -2.23. The van der Waals surface area contributed by atoms with Gasteiger partial charge in [-0.1, -0.05) is 19.1 Å². The largest absolute Gasteiger partial charge is 0.492 e. The first-order valence-electron chi connectivity index (χ1n) is 7.16. The number of nitriles is 1. The lowest BCUT2D eigenvalue weighted by molar-refractivity contribution is 0.193. The van der Waals surface area contributed by atoms with Gasteiger partial charge in [-0.2, -0.15) is 5.26 Å². The highest BCUT2D eigenvalue weighted by molar-refractivity contribution is 5.28. The van der Waals surface area contributed by atoms with E-state index in [0.29, 0.717) is 6.42 Å². The highest BCUT2D eigenvalue weighted by Gasteiger charge is 2.21. The molecule has 1 atom stereocenters. The Labute approximate surface area is 115 Å². The van der Waals surface area contributed by atoms with Crippen LogP contribution in [0.15, 0.2) is 24.3 Å². The Bertz CT molecular complexity index is 421. The van der Waals surface area contributed by atoms with Gasteiger partial charge >= 0.3 is 0 Å². The van der Waals surface area contributed by atoms with Crippen molar-refractivity contribution in [3.8, 4) is 11.8 Å². The summed E-state index contributed by atoms with van der Waals surface area (Å²) in [4.78, 5) is 2.53. The molecule has 3 nitrogen and oxygen atoms in total. The van der Waals surface area contributed by atoms with Gasteiger partial charge in [0.1, 0.15) is 12.4 Å². The maximum Gasteiger partial charge on any atom is 0.119 e. The normalized spacial score (nSPS) is 19.3. The molecule has 0 bridgehead atoms. The highest BCUT2D eigenvalue weighted by Crippen LogP contribution is 2.19. The van der Waals surface area contributed by atoms with Crippen LogP contribution >= 0.6 is 0 Å². The van der Waals surface area contributed by atoms with Gasteiger partial charge in [-0.3, -0.25) is 4.90 Å². The highest BCUT2D eigenvalue weighted by atomic mass is 16.5. The molecule has 0 radical (unpaired) electrons. The summed E-state index contributed by atoms with van der Waals surface area (Å²) in [6.45, 7) is 5.23. The van der Waals surface area contributed by atoms with Crippen molar-refractivity contribution in [1.82, 2.24) is 4.90 Å². The summed E-state index contributed by atoms with van der Waals surface area (Å²) in [5, 5.41) is 8.61. The molecule has 0 aromatic heterocycles. The predicted molar refractivity (Wildman–Crippen MR) is 76.1 cm³/mol. The van der Waals surface area contributed by atoms with Gasteiger partial charge in [-0.25, -0.2) is 0 Å². The second-order valence-electron chi connectivity index (χ2n) is 5.07. The zero-order chi connectivity index (χ0) is 13.5. The van der Waals surface area contributed by atoms with E-state index in [1.807, 2.05) is 24.3 Å². The van der Waals surface area contributed by atoms with Crippen LogP contribution in [-0.4, -0.2) is 30.6 Å². The molecular formula is C16H22N2O. The van der Waals surface area contributed by atoms with Crippen LogP contribution in [0.25, 0.3) is 0 Å². The second kappa shape index (κ2) is 7.16. The molecule has 1 aromatic carbocycles. The molecule has 0 aliphatic carbocycles. The van der Waals surface area contributed by atoms with Crippen molar-refractivity contribution < 1.29 is 4.74 Å². The molecule has 1 aliphatic heterocycles. The number of hydrogen-bond donors (Lipinski definition) is 0. The number of rotatable bonds is 6. The van der Waals surface area contributed by atoms with Crippen LogP contribution in [0.4, 0.5) is 0 Å². The van der Waals surface area contributed by atoms with Crippen molar-refractivity contribution in [1.29, 1.82) is 5.26 Å². The first-order chi connectivity index (χ1) is 9.33. The topological polar surface area (TPSA) is 36.3 Å². The lowest BCUT2D eigenvalue weighted by Crippen LogP contribution is -2.32. The van der Waals surface area contributed by atoms with Gasteiger partial charge in [-0.05, 0) is 43.5 Å². The van der Waals surface area contributed by atoms with E-state index >= 15 is 0 Å². The minimum atomic E-state index is 0.465. The molecule has 0 amide bonds. The Morgan fingerprint density at radius 2 is 2.16 bits per heavy atom. The molecule has 0 saturated carbocycles. The number of ether oxygens (including phenoxy) is 1. The van der Waals surface area contributed by atoms with Crippen molar-refractivity contribution in [2.45, 2.75) is 38.6 Å². The number of benzene rings is 1. The zero-order valence-electron chi connectivity index (χ0n) is 11.6. The van der Waals surface area contributed by atoms with Crippen molar-refractivity contribution in [2.75, 3.05) is 19.7 Å². The molecule has 0 spiro atoms. The van der Waals surface area contributed by atoms with E-state index in [-0.39, 0.29) is 0 Å². The van der Waals surface area contributed by atoms with E-state index in [1.54, 1.807) is 0 Å². The third-order valence-corrected chi connectivity index (χ3v) is 3.82. The first-order valence-corrected chi connectivity index (χ1v) is 7.16. The van der Waals surface area contributed by atoms with E-state index in [2.05, 4.69) is 17.9 Å². The zero-order valence-corrected chi connectivity index (χ0v) is 11.6. The smallest absolute Gasteiger partial charge is 0.119 e. The number of hydrogen-bond acceptors (Lipinski definition) is 3. The van der Waals surface area contributed by atoms with Gasteiger partial charge in [0.25, 0.3) is 0 Å². The van der Waals surface area contributed by atoms with E-state index in [9.17, 15) is 0 Å². The van der Waals surface area contributed by atoms with E-state index in [4.69, 9.17) is 10.00 Å². The minimum Gasteiger partial charge on any atom is -0.492 e. The fourth-order valence-corrected chi connectivity index (χ4v) is 2.73. The van der Waals surface area contributed by atoms with Gasteiger partial charge in [-0.15, -0.1) is 0 Å². The van der Waals surface area contributed by atoms with Crippen LogP contribution in [0.2, 0.25) is 0 Å². The molecule has 1 heterocycles. The van der Waals surface area contributed by atoms with Crippen molar-refractivity contribution in [2.24, 2.45) is 0 Å². The van der Waals surface area contributed by atoms with Crippen molar-refractivity contribution in [3.05, 3.63) is 29.8 Å². The fourth-order valence-electron chi connectivity index (χ4n) is 2.73. The summed E-state index contributed by atoms with van der Waals surface area (Å²) in [5.74, 6) is 0.897. The Morgan fingerprint density at radius 3 is 2.84 bits per heavy atom. The number of likely N-dealkylation sites (tertiary alicyclic amines) is 1. The van der Waals surface area contributed by atoms with Crippen LogP contribution in [-0.2, 0) is 6.42 Å².